The number of nitrogens with zero attached hydrogens (tertiary/aromatic N) is 2. The van der Waals surface area contributed by atoms with Gasteiger partial charge in [0.05, 0.1) is 5.71 Å². The zero-order chi connectivity index (χ0) is 15.4. The third-order valence-corrected chi connectivity index (χ3v) is 3.32. The Kier molecular flexibility index (Phi) is 4.57. The first-order chi connectivity index (χ1) is 9.97. The number of likely N-dealkylation sites (tertiary alicyclic amines) is 1. The van der Waals surface area contributed by atoms with Crippen LogP contribution in [0.3, 0.4) is 0 Å². The first kappa shape index (κ1) is 15.0. The van der Waals surface area contributed by atoms with E-state index < -0.39 is 6.10 Å². The van der Waals surface area contributed by atoms with Crippen molar-refractivity contribution in [3.05, 3.63) is 29.8 Å². The minimum absolute atomic E-state index is 0.0347. The maximum atomic E-state index is 11.7. The summed E-state index contributed by atoms with van der Waals surface area (Å²) in [6, 6.07) is 7.28. The molecule has 1 aliphatic rings. The van der Waals surface area contributed by atoms with Gasteiger partial charge in [-0.1, -0.05) is 17.3 Å². The third kappa shape index (κ3) is 3.81. The van der Waals surface area contributed by atoms with Gasteiger partial charge in [0.2, 0.25) is 12.0 Å². The zero-order valence-corrected chi connectivity index (χ0v) is 12.4. The van der Waals surface area contributed by atoms with Crippen LogP contribution in [0.1, 0.15) is 25.8 Å². The van der Waals surface area contributed by atoms with Gasteiger partial charge in [-0.25, -0.2) is 0 Å². The Morgan fingerprint density at radius 1 is 1.33 bits per heavy atom. The number of hydrogen-bond acceptors (Lipinski definition) is 4. The van der Waals surface area contributed by atoms with Crippen LogP contribution in [0.5, 0.6) is 0 Å². The highest BCUT2D eigenvalue weighted by Gasteiger charge is 2.31. The fourth-order valence-corrected chi connectivity index (χ4v) is 2.08. The zero-order valence-electron chi connectivity index (χ0n) is 12.4. The minimum Gasteiger partial charge on any atom is -0.382 e. The van der Waals surface area contributed by atoms with Gasteiger partial charge in [0.1, 0.15) is 0 Å². The van der Waals surface area contributed by atoms with Crippen LogP contribution in [-0.2, 0) is 14.4 Å². The summed E-state index contributed by atoms with van der Waals surface area (Å²) in [5.41, 5.74) is 2.29. The molecule has 0 radical (unpaired) electrons. The van der Waals surface area contributed by atoms with E-state index in [0.717, 1.165) is 11.3 Å². The van der Waals surface area contributed by atoms with Crippen LogP contribution in [0.15, 0.2) is 29.4 Å². The second-order valence-electron chi connectivity index (χ2n) is 5.08. The molecule has 0 bridgehead atoms. The number of amides is 2. The quantitative estimate of drug-likeness (QED) is 0.676. The molecule has 0 aromatic heterocycles. The van der Waals surface area contributed by atoms with Crippen molar-refractivity contribution < 1.29 is 14.4 Å². The molecular weight excluding hydrogens is 270 g/mol. The highest BCUT2D eigenvalue weighted by molar-refractivity contribution is 5.99. The Morgan fingerprint density at radius 3 is 2.52 bits per heavy atom. The second kappa shape index (κ2) is 6.39. The van der Waals surface area contributed by atoms with Crippen molar-refractivity contribution in [3.8, 4) is 0 Å². The van der Waals surface area contributed by atoms with Crippen molar-refractivity contribution in [2.45, 2.75) is 26.4 Å². The summed E-state index contributed by atoms with van der Waals surface area (Å²) in [6.45, 7) is 3.98. The molecule has 1 atom stereocenters. The Morgan fingerprint density at radius 2 is 2.00 bits per heavy atom. The summed E-state index contributed by atoms with van der Waals surface area (Å²) >= 11 is 0. The van der Waals surface area contributed by atoms with Crippen molar-refractivity contribution in [3.63, 3.8) is 0 Å². The molecule has 6 heteroatoms. The van der Waals surface area contributed by atoms with Gasteiger partial charge < -0.3 is 15.1 Å². The van der Waals surface area contributed by atoms with Crippen LogP contribution in [0.25, 0.3) is 0 Å². The monoisotopic (exact) mass is 289 g/mol. The number of likely N-dealkylation sites (N-methyl/N-ethyl adjacent to an activating group) is 1. The molecule has 112 valence electrons. The van der Waals surface area contributed by atoms with Gasteiger partial charge >= 0.3 is 0 Å². The fourth-order valence-electron chi connectivity index (χ4n) is 2.08. The summed E-state index contributed by atoms with van der Waals surface area (Å²) in [5.74, 6) is -0.145. The Bertz CT molecular complexity index is 566. The number of carbonyl (C=O) groups is 2. The van der Waals surface area contributed by atoms with Crippen LogP contribution in [-0.4, -0.2) is 42.1 Å². The Labute approximate surface area is 123 Å². The topological polar surface area (TPSA) is 71.0 Å². The van der Waals surface area contributed by atoms with E-state index in [1.165, 1.54) is 6.92 Å². The lowest BCUT2D eigenvalue weighted by molar-refractivity contribution is -0.136. The summed E-state index contributed by atoms with van der Waals surface area (Å²) < 4.78 is 0. The van der Waals surface area contributed by atoms with E-state index in [1.807, 2.05) is 19.1 Å². The third-order valence-electron chi connectivity index (χ3n) is 3.32. The molecule has 1 unspecified atom stereocenters. The van der Waals surface area contributed by atoms with E-state index in [9.17, 15) is 9.59 Å². The molecule has 6 nitrogen and oxygen atoms in total. The van der Waals surface area contributed by atoms with Crippen molar-refractivity contribution in [1.82, 2.24) is 4.90 Å². The van der Waals surface area contributed by atoms with Crippen molar-refractivity contribution in [1.29, 1.82) is 0 Å². The van der Waals surface area contributed by atoms with Gasteiger partial charge in [-0.3, -0.25) is 9.59 Å². The number of carbonyl (C=O) groups excluding carboxylic acids is 2. The van der Waals surface area contributed by atoms with Gasteiger partial charge in [-0.2, -0.15) is 0 Å². The van der Waals surface area contributed by atoms with Gasteiger partial charge in [0.25, 0.3) is 5.91 Å². The maximum absolute atomic E-state index is 11.7. The van der Waals surface area contributed by atoms with Gasteiger partial charge in [-0.15, -0.1) is 0 Å². The number of hydrogen-bond donors (Lipinski definition) is 1. The molecule has 1 N–H and O–H groups in total. The van der Waals surface area contributed by atoms with E-state index in [1.54, 1.807) is 24.1 Å². The molecule has 0 aliphatic carbocycles. The number of benzene rings is 1. The average Bonchev–Trinajstić information content (AvgIpc) is 2.76. The molecular formula is C15H19N3O3. The molecule has 21 heavy (non-hydrogen) atoms. The highest BCUT2D eigenvalue weighted by atomic mass is 16.6. The standard InChI is InChI=1S/C15H19N3O3/c1-10(17-21-14-8-9-18(3)15(14)20)12-4-6-13(7-5-12)16-11(2)19/h4-7,14H,8-9H2,1-3H3,(H,16,19). The molecule has 1 saturated heterocycles. The SMILES string of the molecule is CC(=O)Nc1ccc(C(C)=NOC2CCN(C)C2=O)cc1. The van der Waals surface area contributed by atoms with Crippen molar-refractivity contribution >= 4 is 23.2 Å². The molecule has 0 saturated carbocycles. The lowest BCUT2D eigenvalue weighted by Crippen LogP contribution is -2.26. The largest absolute Gasteiger partial charge is 0.382 e. The van der Waals surface area contributed by atoms with Crippen LogP contribution >= 0.6 is 0 Å². The van der Waals surface area contributed by atoms with E-state index in [4.69, 9.17) is 4.84 Å². The lowest BCUT2D eigenvalue weighted by Gasteiger charge is -2.09. The Hall–Kier alpha value is -2.37. The minimum atomic E-state index is -0.483. The smallest absolute Gasteiger partial charge is 0.266 e. The van der Waals surface area contributed by atoms with Crippen molar-refractivity contribution in [2.24, 2.45) is 5.16 Å². The van der Waals surface area contributed by atoms with Crippen LogP contribution in [0, 0.1) is 0 Å². The van der Waals surface area contributed by atoms with Gasteiger partial charge in [0.15, 0.2) is 0 Å². The lowest BCUT2D eigenvalue weighted by atomic mass is 10.1. The number of nitrogens with one attached hydrogen (secondary N) is 1. The summed E-state index contributed by atoms with van der Waals surface area (Å²) in [7, 11) is 1.75. The average molecular weight is 289 g/mol. The molecule has 2 rings (SSSR count). The molecule has 1 aromatic rings. The van der Waals surface area contributed by atoms with Gasteiger partial charge in [-0.05, 0) is 24.6 Å². The molecule has 2 amide bonds. The second-order valence-corrected chi connectivity index (χ2v) is 5.08. The maximum Gasteiger partial charge on any atom is 0.266 e. The molecule has 1 heterocycles. The molecule has 1 aliphatic heterocycles. The van der Waals surface area contributed by atoms with Crippen LogP contribution in [0.4, 0.5) is 5.69 Å². The van der Waals surface area contributed by atoms with Crippen molar-refractivity contribution in [2.75, 3.05) is 18.9 Å². The first-order valence-corrected chi connectivity index (χ1v) is 6.81. The highest BCUT2D eigenvalue weighted by Crippen LogP contribution is 2.14. The van der Waals surface area contributed by atoms with E-state index in [2.05, 4.69) is 10.5 Å². The van der Waals surface area contributed by atoms with E-state index >= 15 is 0 Å². The normalized spacial score (nSPS) is 18.8. The fraction of sp³-hybridized carbons (Fsp3) is 0.400. The number of rotatable bonds is 4. The predicted molar refractivity (Wildman–Crippen MR) is 80.1 cm³/mol. The summed E-state index contributed by atoms with van der Waals surface area (Å²) in [4.78, 5) is 29.6. The molecule has 1 fully saturated rings. The first-order valence-electron chi connectivity index (χ1n) is 6.81. The predicted octanol–water partition coefficient (Wildman–Crippen LogP) is 1.62. The molecule has 1 aromatic carbocycles. The van der Waals surface area contributed by atoms with E-state index in [-0.39, 0.29) is 11.8 Å². The molecule has 0 spiro atoms. The summed E-state index contributed by atoms with van der Waals surface area (Å²) in [5, 5.41) is 6.73. The number of anilines is 1. The van der Waals surface area contributed by atoms with Gasteiger partial charge in [0, 0.05) is 32.6 Å². The number of oxime groups is 1. The van der Waals surface area contributed by atoms with E-state index in [0.29, 0.717) is 18.7 Å². The summed E-state index contributed by atoms with van der Waals surface area (Å²) in [6.07, 6.45) is 0.178. The van der Waals surface area contributed by atoms with Crippen LogP contribution < -0.4 is 5.32 Å². The van der Waals surface area contributed by atoms with Crippen LogP contribution in [0.2, 0.25) is 0 Å². The Balaban J connectivity index is 1.99.